The number of β-amino-alcohol motifs (C(OH)–C–C–N with tert-alkyl or cyclic N) is 2. The van der Waals surface area contributed by atoms with Crippen LogP contribution in [0.3, 0.4) is 0 Å². The fourth-order valence-electron chi connectivity index (χ4n) is 1.86. The lowest BCUT2D eigenvalue weighted by Crippen LogP contribution is -2.61. The standard InChI is InChI=1S/C11H23NO3/c1-3-4-5-15-7-10(13)6-12-8-11(2,14)9-12/h10,13-14H,3-9H2,1-2H3. The van der Waals surface area contributed by atoms with Crippen molar-refractivity contribution in [2.75, 3.05) is 32.8 Å². The van der Waals surface area contributed by atoms with E-state index < -0.39 is 11.7 Å². The van der Waals surface area contributed by atoms with E-state index in [4.69, 9.17) is 4.74 Å². The highest BCUT2D eigenvalue weighted by Crippen LogP contribution is 2.19. The molecule has 0 aromatic rings. The third-order valence-electron chi connectivity index (χ3n) is 2.55. The van der Waals surface area contributed by atoms with E-state index in [2.05, 4.69) is 6.92 Å². The maximum absolute atomic E-state index is 9.61. The number of nitrogens with zero attached hydrogens (tertiary/aromatic N) is 1. The summed E-state index contributed by atoms with van der Waals surface area (Å²) in [5.74, 6) is 0. The lowest BCUT2D eigenvalue weighted by atomic mass is 9.97. The molecule has 1 aliphatic rings. The summed E-state index contributed by atoms with van der Waals surface area (Å²) >= 11 is 0. The number of ether oxygens (including phenoxy) is 1. The quantitative estimate of drug-likeness (QED) is 0.599. The van der Waals surface area contributed by atoms with Crippen LogP contribution in [0.15, 0.2) is 0 Å². The molecule has 0 saturated carbocycles. The van der Waals surface area contributed by atoms with Gasteiger partial charge >= 0.3 is 0 Å². The third-order valence-corrected chi connectivity index (χ3v) is 2.55. The molecule has 1 aliphatic heterocycles. The smallest absolute Gasteiger partial charge is 0.0900 e. The van der Waals surface area contributed by atoms with Crippen LogP contribution in [-0.4, -0.2) is 59.7 Å². The van der Waals surface area contributed by atoms with Gasteiger partial charge in [0.2, 0.25) is 0 Å². The summed E-state index contributed by atoms with van der Waals surface area (Å²) in [6.45, 7) is 6.96. The van der Waals surface area contributed by atoms with Crippen molar-refractivity contribution >= 4 is 0 Å². The van der Waals surface area contributed by atoms with Crippen molar-refractivity contribution < 1.29 is 14.9 Å². The molecule has 0 aliphatic carbocycles. The Kier molecular flexibility index (Phi) is 4.99. The van der Waals surface area contributed by atoms with Gasteiger partial charge in [-0.1, -0.05) is 13.3 Å². The first kappa shape index (κ1) is 12.9. The molecule has 0 amide bonds. The van der Waals surface area contributed by atoms with Crippen molar-refractivity contribution in [2.24, 2.45) is 0 Å². The van der Waals surface area contributed by atoms with Crippen LogP contribution in [0.5, 0.6) is 0 Å². The molecule has 1 atom stereocenters. The van der Waals surface area contributed by atoms with Crippen molar-refractivity contribution in [3.05, 3.63) is 0 Å². The number of unbranched alkanes of at least 4 members (excludes halogenated alkanes) is 1. The molecule has 0 aromatic carbocycles. The van der Waals surface area contributed by atoms with Gasteiger partial charge in [-0.25, -0.2) is 0 Å². The zero-order chi connectivity index (χ0) is 11.3. The largest absolute Gasteiger partial charge is 0.389 e. The van der Waals surface area contributed by atoms with Crippen LogP contribution in [0.2, 0.25) is 0 Å². The molecule has 90 valence electrons. The Labute approximate surface area is 91.8 Å². The lowest BCUT2D eigenvalue weighted by Gasteiger charge is -2.44. The van der Waals surface area contributed by atoms with Gasteiger partial charge in [0.05, 0.1) is 18.3 Å². The van der Waals surface area contributed by atoms with E-state index in [-0.39, 0.29) is 0 Å². The van der Waals surface area contributed by atoms with Gasteiger partial charge in [-0.3, -0.25) is 4.90 Å². The van der Waals surface area contributed by atoms with Crippen molar-refractivity contribution in [3.8, 4) is 0 Å². The van der Waals surface area contributed by atoms with Crippen molar-refractivity contribution in [3.63, 3.8) is 0 Å². The molecule has 1 saturated heterocycles. The first-order valence-corrected chi connectivity index (χ1v) is 5.74. The second-order valence-electron chi connectivity index (χ2n) is 4.75. The predicted octanol–water partition coefficient (Wildman–Crippen LogP) is 0.231. The van der Waals surface area contributed by atoms with Crippen LogP contribution in [0.25, 0.3) is 0 Å². The zero-order valence-corrected chi connectivity index (χ0v) is 9.78. The average molecular weight is 217 g/mol. The summed E-state index contributed by atoms with van der Waals surface area (Å²) in [5.41, 5.74) is -0.553. The second-order valence-corrected chi connectivity index (χ2v) is 4.75. The second kappa shape index (κ2) is 5.80. The van der Waals surface area contributed by atoms with Gasteiger partial charge in [-0.2, -0.15) is 0 Å². The van der Waals surface area contributed by atoms with Gasteiger partial charge in [0.1, 0.15) is 0 Å². The van der Waals surface area contributed by atoms with Gasteiger partial charge in [-0.05, 0) is 13.3 Å². The van der Waals surface area contributed by atoms with Crippen molar-refractivity contribution in [2.45, 2.75) is 38.4 Å². The fraction of sp³-hybridized carbons (Fsp3) is 1.00. The summed E-state index contributed by atoms with van der Waals surface area (Å²) in [6, 6.07) is 0. The molecular formula is C11H23NO3. The maximum Gasteiger partial charge on any atom is 0.0900 e. The number of aliphatic hydroxyl groups excluding tert-OH is 1. The summed E-state index contributed by atoms with van der Waals surface area (Å²) in [5, 5.41) is 19.1. The first-order chi connectivity index (χ1) is 7.03. The zero-order valence-electron chi connectivity index (χ0n) is 9.78. The summed E-state index contributed by atoms with van der Waals surface area (Å²) < 4.78 is 5.32. The maximum atomic E-state index is 9.61. The van der Waals surface area contributed by atoms with Crippen molar-refractivity contribution in [1.29, 1.82) is 0 Å². The molecule has 15 heavy (non-hydrogen) atoms. The molecule has 4 nitrogen and oxygen atoms in total. The predicted molar refractivity (Wildman–Crippen MR) is 58.8 cm³/mol. The Morgan fingerprint density at radius 3 is 2.67 bits per heavy atom. The van der Waals surface area contributed by atoms with Crippen molar-refractivity contribution in [1.82, 2.24) is 4.90 Å². The van der Waals surface area contributed by atoms with E-state index in [1.807, 2.05) is 11.8 Å². The number of likely N-dealkylation sites (tertiary alicyclic amines) is 1. The molecule has 2 N–H and O–H groups in total. The molecule has 0 spiro atoms. The first-order valence-electron chi connectivity index (χ1n) is 5.74. The molecule has 1 unspecified atom stereocenters. The van der Waals surface area contributed by atoms with E-state index in [0.29, 0.717) is 26.2 Å². The fourth-order valence-corrected chi connectivity index (χ4v) is 1.86. The molecular weight excluding hydrogens is 194 g/mol. The molecule has 1 fully saturated rings. The Bertz CT molecular complexity index is 177. The monoisotopic (exact) mass is 217 g/mol. The van der Waals surface area contributed by atoms with Crippen LogP contribution in [0.4, 0.5) is 0 Å². The number of hydrogen-bond donors (Lipinski definition) is 2. The van der Waals surface area contributed by atoms with E-state index in [0.717, 1.165) is 19.4 Å². The number of hydrogen-bond acceptors (Lipinski definition) is 4. The molecule has 0 bridgehead atoms. The topological polar surface area (TPSA) is 52.9 Å². The Hall–Kier alpha value is -0.160. The lowest BCUT2D eigenvalue weighted by molar-refractivity contribution is -0.101. The minimum absolute atomic E-state index is 0.401. The van der Waals surface area contributed by atoms with E-state index in [9.17, 15) is 10.2 Å². The van der Waals surface area contributed by atoms with Gasteiger partial charge < -0.3 is 14.9 Å². The van der Waals surface area contributed by atoms with Crippen LogP contribution >= 0.6 is 0 Å². The van der Waals surface area contributed by atoms with E-state index >= 15 is 0 Å². The Balaban J connectivity index is 1.97. The van der Waals surface area contributed by atoms with Gasteiger partial charge in [0.15, 0.2) is 0 Å². The Morgan fingerprint density at radius 2 is 2.13 bits per heavy atom. The average Bonchev–Trinajstić information content (AvgIpc) is 2.09. The Morgan fingerprint density at radius 1 is 1.47 bits per heavy atom. The molecule has 1 rings (SSSR count). The van der Waals surface area contributed by atoms with Gasteiger partial charge in [0, 0.05) is 26.2 Å². The van der Waals surface area contributed by atoms with Crippen LogP contribution in [0.1, 0.15) is 26.7 Å². The highest BCUT2D eigenvalue weighted by molar-refractivity contribution is 4.92. The summed E-state index contributed by atoms with van der Waals surface area (Å²) in [7, 11) is 0. The summed E-state index contributed by atoms with van der Waals surface area (Å²) in [6.07, 6.45) is 1.73. The normalized spacial score (nSPS) is 22.4. The third kappa shape index (κ3) is 4.93. The van der Waals surface area contributed by atoms with Crippen LogP contribution < -0.4 is 0 Å². The molecule has 0 aromatic heterocycles. The van der Waals surface area contributed by atoms with Gasteiger partial charge in [0.25, 0.3) is 0 Å². The molecule has 4 heteroatoms. The molecule has 0 radical (unpaired) electrons. The minimum Gasteiger partial charge on any atom is -0.389 e. The number of aliphatic hydroxyl groups is 2. The van der Waals surface area contributed by atoms with E-state index in [1.54, 1.807) is 0 Å². The van der Waals surface area contributed by atoms with E-state index in [1.165, 1.54) is 0 Å². The van der Waals surface area contributed by atoms with Crippen LogP contribution in [0, 0.1) is 0 Å². The molecule has 1 heterocycles. The highest BCUT2D eigenvalue weighted by Gasteiger charge is 2.36. The number of rotatable bonds is 7. The summed E-state index contributed by atoms with van der Waals surface area (Å²) in [4.78, 5) is 2.04. The minimum atomic E-state index is -0.553. The highest BCUT2D eigenvalue weighted by atomic mass is 16.5. The SMILES string of the molecule is CCCCOCC(O)CN1CC(C)(O)C1. The van der Waals surface area contributed by atoms with Gasteiger partial charge in [-0.15, -0.1) is 0 Å². The van der Waals surface area contributed by atoms with Crippen LogP contribution in [-0.2, 0) is 4.74 Å².